The van der Waals surface area contributed by atoms with Crippen molar-refractivity contribution in [1.29, 1.82) is 0 Å². The molecule has 1 nitrogen and oxygen atoms in total. The first-order chi connectivity index (χ1) is 9.67. The van der Waals surface area contributed by atoms with Crippen molar-refractivity contribution in [2.45, 2.75) is 58.4 Å². The van der Waals surface area contributed by atoms with Crippen LogP contribution in [0.25, 0.3) is 0 Å². The number of rotatable bonds is 5. The van der Waals surface area contributed by atoms with E-state index in [0.29, 0.717) is 0 Å². The predicted octanol–water partition coefficient (Wildman–Crippen LogP) is 5.65. The van der Waals surface area contributed by atoms with Gasteiger partial charge < -0.3 is 4.43 Å². The first kappa shape index (κ1) is 18.7. The molecular formula is C18H27IOSi. The molecule has 0 aliphatic rings. The maximum Gasteiger partial charge on any atom is 0.192 e. The Kier molecular flexibility index (Phi) is 6.96. The van der Waals surface area contributed by atoms with E-state index < -0.39 is 8.32 Å². The molecule has 0 amide bonds. The summed E-state index contributed by atoms with van der Waals surface area (Å²) in [5, 5.41) is 0.222. The largest absolute Gasteiger partial charge is 0.412 e. The molecule has 0 aliphatic carbocycles. The highest BCUT2D eigenvalue weighted by molar-refractivity contribution is 14.1. The van der Waals surface area contributed by atoms with E-state index in [2.05, 4.69) is 104 Å². The van der Waals surface area contributed by atoms with Gasteiger partial charge in [-0.3, -0.25) is 0 Å². The van der Waals surface area contributed by atoms with Gasteiger partial charge in [-0.25, -0.2) is 0 Å². The molecule has 1 rings (SSSR count). The lowest BCUT2D eigenvalue weighted by molar-refractivity contribution is 0.149. The first-order valence-electron chi connectivity index (χ1n) is 7.50. The zero-order valence-electron chi connectivity index (χ0n) is 14.0. The molecule has 0 aromatic heterocycles. The van der Waals surface area contributed by atoms with E-state index in [1.54, 1.807) is 0 Å². The Labute approximate surface area is 145 Å². The van der Waals surface area contributed by atoms with Crippen LogP contribution in [0.15, 0.2) is 30.3 Å². The third kappa shape index (κ3) is 5.76. The minimum atomic E-state index is -1.78. The minimum Gasteiger partial charge on any atom is -0.412 e. The van der Waals surface area contributed by atoms with Crippen molar-refractivity contribution in [2.24, 2.45) is 5.92 Å². The van der Waals surface area contributed by atoms with Crippen molar-refractivity contribution in [2.75, 3.05) is 0 Å². The van der Waals surface area contributed by atoms with E-state index in [1.807, 2.05) is 0 Å². The van der Waals surface area contributed by atoms with Gasteiger partial charge in [-0.15, -0.1) is 0 Å². The molecule has 0 saturated carbocycles. The van der Waals surface area contributed by atoms with Crippen molar-refractivity contribution in [1.82, 2.24) is 0 Å². The average Bonchev–Trinajstić information content (AvgIpc) is 2.38. The second-order valence-electron chi connectivity index (χ2n) is 7.13. The van der Waals surface area contributed by atoms with Crippen molar-refractivity contribution < 1.29 is 4.43 Å². The molecule has 21 heavy (non-hydrogen) atoms. The standard InChI is InChI=1S/C18H27IOSi/c1-15(12-13-19)17(14-16-10-8-7-9-11-16)20-21(5,6)18(2,3)4/h7-11,15,17H,14H2,1-6H3/t15-,17+/m0/s1. The highest BCUT2D eigenvalue weighted by Crippen LogP contribution is 2.38. The summed E-state index contributed by atoms with van der Waals surface area (Å²) in [6.07, 6.45) is 1.09. The van der Waals surface area contributed by atoms with Crippen molar-refractivity contribution in [3.63, 3.8) is 0 Å². The second-order valence-corrected chi connectivity index (χ2v) is 12.4. The van der Waals surface area contributed by atoms with Crippen LogP contribution in [0.1, 0.15) is 33.3 Å². The van der Waals surface area contributed by atoms with Gasteiger partial charge in [0.15, 0.2) is 8.32 Å². The fourth-order valence-electron chi connectivity index (χ4n) is 1.90. The van der Waals surface area contributed by atoms with Crippen LogP contribution in [0, 0.1) is 15.8 Å². The zero-order valence-corrected chi connectivity index (χ0v) is 17.2. The Morgan fingerprint density at radius 1 is 1.19 bits per heavy atom. The fourth-order valence-corrected chi connectivity index (χ4v) is 3.79. The third-order valence-corrected chi connectivity index (χ3v) is 9.19. The van der Waals surface area contributed by atoms with E-state index in [-0.39, 0.29) is 17.1 Å². The molecule has 0 N–H and O–H groups in total. The smallest absolute Gasteiger partial charge is 0.192 e. The molecule has 3 heteroatoms. The lowest BCUT2D eigenvalue weighted by Crippen LogP contribution is -2.46. The highest BCUT2D eigenvalue weighted by Gasteiger charge is 2.40. The van der Waals surface area contributed by atoms with Gasteiger partial charge in [0.25, 0.3) is 0 Å². The Morgan fingerprint density at radius 3 is 2.24 bits per heavy atom. The van der Waals surface area contributed by atoms with Crippen LogP contribution in [0.2, 0.25) is 18.1 Å². The van der Waals surface area contributed by atoms with Gasteiger partial charge in [-0.2, -0.15) is 0 Å². The molecule has 0 fully saturated rings. The van der Waals surface area contributed by atoms with Crippen LogP contribution in [0.4, 0.5) is 0 Å². The van der Waals surface area contributed by atoms with E-state index in [0.717, 1.165) is 6.42 Å². The molecule has 0 aliphatic heterocycles. The average molecular weight is 414 g/mol. The summed E-state index contributed by atoms with van der Waals surface area (Å²) < 4.78 is 9.67. The quantitative estimate of drug-likeness (QED) is 0.344. The Balaban J connectivity index is 2.95. The summed E-state index contributed by atoms with van der Waals surface area (Å²) in [7, 11) is -1.78. The molecule has 0 spiro atoms. The van der Waals surface area contributed by atoms with E-state index in [1.165, 1.54) is 5.56 Å². The van der Waals surface area contributed by atoms with Gasteiger partial charge >= 0.3 is 0 Å². The molecule has 0 saturated heterocycles. The van der Waals surface area contributed by atoms with Crippen molar-refractivity contribution in [3.05, 3.63) is 35.9 Å². The van der Waals surface area contributed by atoms with Crippen LogP contribution in [0.3, 0.4) is 0 Å². The fraction of sp³-hybridized carbons (Fsp3) is 0.556. The van der Waals surface area contributed by atoms with Gasteiger partial charge in [-0.05, 0) is 41.0 Å². The molecule has 2 atom stereocenters. The van der Waals surface area contributed by atoms with Gasteiger partial charge in [0.1, 0.15) is 0 Å². The van der Waals surface area contributed by atoms with Gasteiger partial charge in [0.2, 0.25) is 0 Å². The highest BCUT2D eigenvalue weighted by atomic mass is 127. The van der Waals surface area contributed by atoms with Gasteiger partial charge in [0, 0.05) is 28.5 Å². The normalized spacial score (nSPS) is 15.0. The molecular weight excluding hydrogens is 387 g/mol. The summed E-state index contributed by atoms with van der Waals surface area (Å²) in [4.78, 5) is 0. The Bertz CT molecular complexity index is 493. The summed E-state index contributed by atoms with van der Waals surface area (Å²) >= 11 is 2.12. The maximum atomic E-state index is 6.65. The van der Waals surface area contributed by atoms with E-state index >= 15 is 0 Å². The Hall–Kier alpha value is -0.313. The van der Waals surface area contributed by atoms with Crippen molar-refractivity contribution in [3.8, 4) is 9.85 Å². The zero-order chi connectivity index (χ0) is 16.1. The second kappa shape index (κ2) is 7.80. The first-order valence-corrected chi connectivity index (χ1v) is 11.5. The molecule has 1 aromatic carbocycles. The number of hydrogen-bond acceptors (Lipinski definition) is 1. The lowest BCUT2D eigenvalue weighted by Gasteiger charge is -2.40. The molecule has 0 heterocycles. The number of halogens is 1. The summed E-state index contributed by atoms with van der Waals surface area (Å²) in [5.41, 5.74) is 1.32. The maximum absolute atomic E-state index is 6.65. The molecule has 116 valence electrons. The number of benzene rings is 1. The summed E-state index contributed by atoms with van der Waals surface area (Å²) in [6.45, 7) is 13.7. The van der Waals surface area contributed by atoms with Crippen LogP contribution < -0.4 is 0 Å². The predicted molar refractivity (Wildman–Crippen MR) is 103 cm³/mol. The van der Waals surface area contributed by atoms with E-state index in [4.69, 9.17) is 4.43 Å². The summed E-state index contributed by atoms with van der Waals surface area (Å²) in [6, 6.07) is 10.6. The van der Waals surface area contributed by atoms with Crippen molar-refractivity contribution >= 4 is 30.9 Å². The monoisotopic (exact) mass is 414 g/mol. The van der Waals surface area contributed by atoms with Crippen LogP contribution >= 0.6 is 22.6 Å². The molecule has 0 unspecified atom stereocenters. The summed E-state index contributed by atoms with van der Waals surface area (Å²) in [5.74, 6) is 3.52. The Morgan fingerprint density at radius 2 is 1.76 bits per heavy atom. The van der Waals surface area contributed by atoms with Crippen LogP contribution in [0.5, 0.6) is 0 Å². The molecule has 0 radical (unpaired) electrons. The SMILES string of the molecule is C[C@@H](C#CI)[C@@H](Cc1ccccc1)O[Si](C)(C)C(C)(C)C. The number of hydrogen-bond donors (Lipinski definition) is 0. The minimum absolute atomic E-state index is 0.163. The van der Waals surface area contributed by atoms with Gasteiger partial charge in [0.05, 0.1) is 6.10 Å². The van der Waals surface area contributed by atoms with Gasteiger partial charge in [-0.1, -0.05) is 57.0 Å². The molecule has 0 bridgehead atoms. The van der Waals surface area contributed by atoms with E-state index in [9.17, 15) is 0 Å². The lowest BCUT2D eigenvalue weighted by atomic mass is 9.98. The van der Waals surface area contributed by atoms with Crippen LogP contribution in [-0.2, 0) is 10.8 Å². The third-order valence-electron chi connectivity index (χ3n) is 4.37. The topological polar surface area (TPSA) is 9.23 Å². The van der Waals surface area contributed by atoms with Crippen LogP contribution in [-0.4, -0.2) is 14.4 Å². The molecule has 1 aromatic rings.